The Labute approximate surface area is 56.7 Å². The van der Waals surface area contributed by atoms with Crippen LogP contribution in [-0.4, -0.2) is 12.7 Å². The molecule has 0 spiro atoms. The van der Waals surface area contributed by atoms with Gasteiger partial charge in [-0.2, -0.15) is 0 Å². The van der Waals surface area contributed by atoms with Crippen LogP contribution < -0.4 is 0 Å². The number of allylic oxidation sites excluding steroid dienone is 2. The van der Waals surface area contributed by atoms with Crippen molar-refractivity contribution >= 4 is 0 Å². The van der Waals surface area contributed by atoms with Crippen LogP contribution in [0.5, 0.6) is 0 Å². The summed E-state index contributed by atoms with van der Waals surface area (Å²) in [6.45, 7) is 3.16. The molecule has 0 unspecified atom stereocenters. The van der Waals surface area contributed by atoms with Gasteiger partial charge < -0.3 is 4.74 Å². The first kappa shape index (κ1) is 6.81. The molecule has 0 aromatic heterocycles. The zero-order valence-corrected chi connectivity index (χ0v) is 5.97. The maximum atomic E-state index is 5.05. The number of hydrogen-bond acceptors (Lipinski definition) is 1. The first-order valence-electron chi connectivity index (χ1n) is 3.70. The van der Waals surface area contributed by atoms with Crippen LogP contribution in [0.4, 0.5) is 0 Å². The van der Waals surface area contributed by atoms with Crippen molar-refractivity contribution in [3.8, 4) is 0 Å². The van der Waals surface area contributed by atoms with Gasteiger partial charge in [-0.3, -0.25) is 0 Å². The molecule has 0 bridgehead atoms. The van der Waals surface area contributed by atoms with Crippen LogP contribution in [0.3, 0.4) is 0 Å². The SMILES string of the molecule is CCC=CCC[C@@H]1CO1. The maximum absolute atomic E-state index is 5.05. The van der Waals surface area contributed by atoms with E-state index in [2.05, 4.69) is 19.1 Å². The van der Waals surface area contributed by atoms with Gasteiger partial charge in [-0.05, 0) is 19.3 Å². The van der Waals surface area contributed by atoms with Crippen molar-refractivity contribution in [3.63, 3.8) is 0 Å². The van der Waals surface area contributed by atoms with Crippen LogP contribution in [0.2, 0.25) is 0 Å². The molecule has 1 rings (SSSR count). The van der Waals surface area contributed by atoms with Crippen molar-refractivity contribution in [1.82, 2.24) is 0 Å². The minimum absolute atomic E-state index is 0.603. The van der Waals surface area contributed by atoms with E-state index in [-0.39, 0.29) is 0 Å². The first-order valence-corrected chi connectivity index (χ1v) is 3.70. The van der Waals surface area contributed by atoms with Gasteiger partial charge in [0.1, 0.15) is 0 Å². The Morgan fingerprint density at radius 1 is 1.56 bits per heavy atom. The molecule has 1 atom stereocenters. The minimum Gasteiger partial charge on any atom is -0.373 e. The Balaban J connectivity index is 1.85. The van der Waals surface area contributed by atoms with Crippen molar-refractivity contribution in [3.05, 3.63) is 12.2 Å². The fourth-order valence-corrected chi connectivity index (χ4v) is 0.801. The van der Waals surface area contributed by atoms with Crippen LogP contribution in [-0.2, 0) is 4.74 Å². The quantitative estimate of drug-likeness (QED) is 0.415. The summed E-state index contributed by atoms with van der Waals surface area (Å²) in [5, 5.41) is 0. The van der Waals surface area contributed by atoms with E-state index >= 15 is 0 Å². The maximum Gasteiger partial charge on any atom is 0.0812 e. The zero-order chi connectivity index (χ0) is 6.53. The van der Waals surface area contributed by atoms with E-state index in [9.17, 15) is 0 Å². The molecule has 0 aromatic rings. The molecular weight excluding hydrogens is 112 g/mol. The highest BCUT2D eigenvalue weighted by Crippen LogP contribution is 2.15. The Kier molecular flexibility index (Phi) is 2.78. The Morgan fingerprint density at radius 3 is 2.89 bits per heavy atom. The summed E-state index contributed by atoms with van der Waals surface area (Å²) >= 11 is 0. The van der Waals surface area contributed by atoms with Crippen LogP contribution in [0.25, 0.3) is 0 Å². The summed E-state index contributed by atoms with van der Waals surface area (Å²) in [7, 11) is 0. The molecule has 1 saturated heterocycles. The van der Waals surface area contributed by atoms with Gasteiger partial charge in [0, 0.05) is 0 Å². The average molecular weight is 126 g/mol. The fraction of sp³-hybridized carbons (Fsp3) is 0.750. The molecule has 1 aliphatic heterocycles. The van der Waals surface area contributed by atoms with E-state index in [1.807, 2.05) is 0 Å². The van der Waals surface area contributed by atoms with Crippen molar-refractivity contribution in [2.45, 2.75) is 32.3 Å². The molecule has 52 valence electrons. The lowest BCUT2D eigenvalue weighted by atomic mass is 10.2. The highest BCUT2D eigenvalue weighted by molar-refractivity contribution is 4.82. The molecule has 0 aliphatic carbocycles. The summed E-state index contributed by atoms with van der Waals surface area (Å²) in [5.74, 6) is 0. The van der Waals surface area contributed by atoms with Gasteiger partial charge in [0.15, 0.2) is 0 Å². The summed E-state index contributed by atoms with van der Waals surface area (Å²) in [5.41, 5.74) is 0. The van der Waals surface area contributed by atoms with Crippen molar-refractivity contribution in [2.24, 2.45) is 0 Å². The molecule has 9 heavy (non-hydrogen) atoms. The predicted octanol–water partition coefficient (Wildman–Crippen LogP) is 2.13. The van der Waals surface area contributed by atoms with E-state index in [0.717, 1.165) is 13.0 Å². The number of hydrogen-bond donors (Lipinski definition) is 0. The normalized spacial score (nSPS) is 25.2. The molecule has 1 heteroatoms. The van der Waals surface area contributed by atoms with Gasteiger partial charge >= 0.3 is 0 Å². The second-order valence-corrected chi connectivity index (χ2v) is 2.41. The molecule has 0 saturated carbocycles. The number of rotatable bonds is 4. The Hall–Kier alpha value is -0.300. The minimum atomic E-state index is 0.603. The molecule has 1 fully saturated rings. The van der Waals surface area contributed by atoms with E-state index < -0.39 is 0 Å². The van der Waals surface area contributed by atoms with E-state index in [1.54, 1.807) is 0 Å². The molecule has 0 N–H and O–H groups in total. The van der Waals surface area contributed by atoms with Crippen molar-refractivity contribution in [2.75, 3.05) is 6.61 Å². The molecule has 1 heterocycles. The predicted molar refractivity (Wildman–Crippen MR) is 38.4 cm³/mol. The third-order valence-corrected chi connectivity index (χ3v) is 1.46. The molecule has 0 radical (unpaired) electrons. The third-order valence-electron chi connectivity index (χ3n) is 1.46. The van der Waals surface area contributed by atoms with E-state index in [4.69, 9.17) is 4.74 Å². The van der Waals surface area contributed by atoms with Gasteiger partial charge in [0.25, 0.3) is 0 Å². The summed E-state index contributed by atoms with van der Waals surface area (Å²) in [6.07, 6.45) is 8.62. The molecule has 0 amide bonds. The second kappa shape index (κ2) is 3.67. The zero-order valence-electron chi connectivity index (χ0n) is 5.97. The summed E-state index contributed by atoms with van der Waals surface area (Å²) in [4.78, 5) is 0. The van der Waals surface area contributed by atoms with Gasteiger partial charge in [-0.25, -0.2) is 0 Å². The highest BCUT2D eigenvalue weighted by Gasteiger charge is 2.20. The third kappa shape index (κ3) is 3.31. The molecular formula is C8H14O. The van der Waals surface area contributed by atoms with Gasteiger partial charge in [0.2, 0.25) is 0 Å². The fourth-order valence-electron chi connectivity index (χ4n) is 0.801. The first-order chi connectivity index (χ1) is 4.43. The molecule has 0 aromatic carbocycles. The Bertz CT molecular complexity index is 92.7. The van der Waals surface area contributed by atoms with Crippen molar-refractivity contribution in [1.29, 1.82) is 0 Å². The van der Waals surface area contributed by atoms with Gasteiger partial charge in [-0.15, -0.1) is 0 Å². The van der Waals surface area contributed by atoms with Gasteiger partial charge in [-0.1, -0.05) is 19.1 Å². The van der Waals surface area contributed by atoms with Crippen LogP contribution in [0.1, 0.15) is 26.2 Å². The standard InChI is InChI=1S/C8H14O/c1-2-3-4-5-6-8-7-9-8/h3-4,8H,2,5-7H2,1H3/t8-/m1/s1. The highest BCUT2D eigenvalue weighted by atomic mass is 16.6. The second-order valence-electron chi connectivity index (χ2n) is 2.41. The summed E-state index contributed by atoms with van der Waals surface area (Å²) < 4.78 is 5.05. The average Bonchev–Trinajstić information content (AvgIpc) is 2.63. The van der Waals surface area contributed by atoms with Gasteiger partial charge in [0.05, 0.1) is 12.7 Å². The number of ether oxygens (including phenoxy) is 1. The molecule has 1 nitrogen and oxygen atoms in total. The van der Waals surface area contributed by atoms with E-state index in [1.165, 1.54) is 12.8 Å². The van der Waals surface area contributed by atoms with E-state index in [0.29, 0.717) is 6.10 Å². The number of epoxide rings is 1. The monoisotopic (exact) mass is 126 g/mol. The van der Waals surface area contributed by atoms with Crippen LogP contribution in [0.15, 0.2) is 12.2 Å². The smallest absolute Gasteiger partial charge is 0.0812 e. The lowest BCUT2D eigenvalue weighted by Crippen LogP contribution is -1.80. The van der Waals surface area contributed by atoms with Crippen LogP contribution in [0, 0.1) is 0 Å². The molecule has 1 aliphatic rings. The topological polar surface area (TPSA) is 12.5 Å². The summed E-state index contributed by atoms with van der Waals surface area (Å²) in [6, 6.07) is 0. The Morgan fingerprint density at radius 2 is 2.33 bits per heavy atom. The lowest BCUT2D eigenvalue weighted by Gasteiger charge is -1.85. The van der Waals surface area contributed by atoms with Crippen LogP contribution >= 0.6 is 0 Å². The lowest BCUT2D eigenvalue weighted by molar-refractivity contribution is 0.398. The largest absolute Gasteiger partial charge is 0.373 e. The van der Waals surface area contributed by atoms with Crippen molar-refractivity contribution < 1.29 is 4.74 Å².